The molecule has 0 spiro atoms. The number of aliphatic imine (C=N–C) groups is 1. The molecule has 4 unspecified atom stereocenters. The standard InChI is InChI=1S/C37H43N9O6/c38-27(16-21-11-13-24(47)14-12-21)33(48)44-30(10-5-15-41-37(39)40)34(49)45-31(17-22-19-42-28-8-3-1-6-25(22)28)35(50)46-32(36(51)52)18-23-20-43-29-9-4-2-7-26(23)29/h1-4,6-9,11-14,19-20,27,30-32,42-43,47H,5,10,15-18,38H2,(H,44,48)(H,45,49)(H,46,50)(H,51,52)(H4,39,40,41). The molecule has 3 aromatic carbocycles. The van der Waals surface area contributed by atoms with Gasteiger partial charge in [-0.2, -0.15) is 0 Å². The first-order valence-corrected chi connectivity index (χ1v) is 16.8. The van der Waals surface area contributed by atoms with Crippen LogP contribution in [0.25, 0.3) is 21.8 Å². The predicted octanol–water partition coefficient (Wildman–Crippen LogP) is 1.30. The number of aromatic amines is 2. The number of H-pyrrole nitrogens is 2. The molecule has 0 aliphatic rings. The molecule has 0 saturated heterocycles. The van der Waals surface area contributed by atoms with Crippen LogP contribution in [0.15, 0.2) is 90.2 Å². The van der Waals surface area contributed by atoms with E-state index in [2.05, 4.69) is 30.9 Å². The molecule has 0 aliphatic carbocycles. The summed E-state index contributed by atoms with van der Waals surface area (Å²) in [7, 11) is 0. The Hall–Kier alpha value is -6.35. The van der Waals surface area contributed by atoms with Crippen molar-refractivity contribution in [2.24, 2.45) is 22.2 Å². The van der Waals surface area contributed by atoms with Crippen molar-refractivity contribution in [1.29, 1.82) is 0 Å². The highest BCUT2D eigenvalue weighted by atomic mass is 16.4. The average Bonchev–Trinajstić information content (AvgIpc) is 3.73. The lowest BCUT2D eigenvalue weighted by Gasteiger charge is -2.25. The second kappa shape index (κ2) is 17.0. The number of amides is 3. The van der Waals surface area contributed by atoms with Gasteiger partial charge in [-0.25, -0.2) is 4.79 Å². The van der Waals surface area contributed by atoms with Crippen LogP contribution in [0, 0.1) is 0 Å². The molecular weight excluding hydrogens is 666 g/mol. The third-order valence-electron chi connectivity index (χ3n) is 8.75. The Balaban J connectivity index is 1.37. The zero-order valence-corrected chi connectivity index (χ0v) is 28.3. The quantitative estimate of drug-likeness (QED) is 0.0378. The fourth-order valence-corrected chi connectivity index (χ4v) is 6.02. The third kappa shape index (κ3) is 9.66. The van der Waals surface area contributed by atoms with Crippen molar-refractivity contribution >= 4 is 51.5 Å². The van der Waals surface area contributed by atoms with Gasteiger partial charge in [-0.05, 0) is 60.2 Å². The Kier molecular flexibility index (Phi) is 12.1. The van der Waals surface area contributed by atoms with Gasteiger partial charge in [0.15, 0.2) is 5.96 Å². The van der Waals surface area contributed by atoms with Crippen LogP contribution < -0.4 is 33.2 Å². The number of hydrogen-bond donors (Lipinski definition) is 10. The van der Waals surface area contributed by atoms with Crippen molar-refractivity contribution in [3.63, 3.8) is 0 Å². The number of carbonyl (C=O) groups excluding carboxylic acids is 3. The van der Waals surface area contributed by atoms with Crippen molar-refractivity contribution in [3.8, 4) is 5.75 Å². The molecule has 5 aromatic rings. The average molecular weight is 710 g/mol. The summed E-state index contributed by atoms with van der Waals surface area (Å²) in [4.78, 5) is 63.9. The van der Waals surface area contributed by atoms with Gasteiger partial charge in [0.25, 0.3) is 0 Å². The molecule has 0 aliphatic heterocycles. The minimum absolute atomic E-state index is 0.00996. The molecular formula is C37H43N9O6. The van der Waals surface area contributed by atoms with Crippen molar-refractivity contribution in [2.75, 3.05) is 6.54 Å². The largest absolute Gasteiger partial charge is 0.508 e. The van der Waals surface area contributed by atoms with Crippen molar-refractivity contribution in [3.05, 3.63) is 102 Å². The second-order valence-electron chi connectivity index (χ2n) is 12.6. The number of nitrogens with two attached hydrogens (primary N) is 3. The maximum absolute atomic E-state index is 14.0. The zero-order chi connectivity index (χ0) is 37.2. The summed E-state index contributed by atoms with van der Waals surface area (Å²) in [6.07, 6.45) is 3.97. The third-order valence-corrected chi connectivity index (χ3v) is 8.75. The van der Waals surface area contributed by atoms with Gasteiger partial charge in [0, 0.05) is 53.6 Å². The number of aromatic nitrogens is 2. The lowest BCUT2D eigenvalue weighted by atomic mass is 10.0. The van der Waals surface area contributed by atoms with Gasteiger partial charge in [0.2, 0.25) is 17.7 Å². The van der Waals surface area contributed by atoms with Crippen molar-refractivity contribution in [1.82, 2.24) is 25.9 Å². The molecule has 15 nitrogen and oxygen atoms in total. The van der Waals surface area contributed by atoms with Crippen LogP contribution in [0.2, 0.25) is 0 Å². The van der Waals surface area contributed by atoms with Crippen molar-refractivity contribution in [2.45, 2.75) is 56.3 Å². The second-order valence-corrected chi connectivity index (χ2v) is 12.6. The van der Waals surface area contributed by atoms with Gasteiger partial charge < -0.3 is 53.3 Å². The van der Waals surface area contributed by atoms with Crippen LogP contribution in [-0.2, 0) is 38.4 Å². The summed E-state index contributed by atoms with van der Waals surface area (Å²) in [5.41, 5.74) is 20.9. The lowest BCUT2D eigenvalue weighted by molar-refractivity contribution is -0.142. The normalized spacial score (nSPS) is 13.5. The molecule has 52 heavy (non-hydrogen) atoms. The summed E-state index contributed by atoms with van der Waals surface area (Å²) in [5, 5.41) is 29.5. The number of carbonyl (C=O) groups is 4. The number of guanidine groups is 1. The highest BCUT2D eigenvalue weighted by Crippen LogP contribution is 2.21. The smallest absolute Gasteiger partial charge is 0.326 e. The molecule has 2 heterocycles. The number of hydrogen-bond acceptors (Lipinski definition) is 7. The molecule has 15 heteroatoms. The topological polar surface area (TPSA) is 267 Å². The minimum Gasteiger partial charge on any atom is -0.508 e. The van der Waals surface area contributed by atoms with E-state index < -0.39 is 47.9 Å². The summed E-state index contributed by atoms with van der Waals surface area (Å²) in [6, 6.07) is 16.4. The number of benzene rings is 3. The number of nitrogens with one attached hydrogen (secondary N) is 5. The number of rotatable bonds is 17. The molecule has 0 radical (unpaired) electrons. The number of carboxylic acid groups (broad SMARTS) is 1. The van der Waals surface area contributed by atoms with Gasteiger partial charge in [-0.3, -0.25) is 19.4 Å². The van der Waals surface area contributed by atoms with E-state index in [0.717, 1.165) is 21.8 Å². The van der Waals surface area contributed by atoms with E-state index in [9.17, 15) is 29.4 Å². The molecule has 2 aromatic heterocycles. The molecule has 4 atom stereocenters. The summed E-state index contributed by atoms with van der Waals surface area (Å²) < 4.78 is 0. The Morgan fingerprint density at radius 1 is 0.692 bits per heavy atom. The Morgan fingerprint density at radius 2 is 1.21 bits per heavy atom. The van der Waals surface area contributed by atoms with E-state index in [4.69, 9.17) is 17.2 Å². The first kappa shape index (κ1) is 36.9. The van der Waals surface area contributed by atoms with Crippen LogP contribution in [0.4, 0.5) is 0 Å². The number of para-hydroxylation sites is 2. The van der Waals surface area contributed by atoms with E-state index in [1.165, 1.54) is 12.1 Å². The van der Waals surface area contributed by atoms with Crippen LogP contribution in [-0.4, -0.2) is 80.5 Å². The Labute approximate surface area is 299 Å². The van der Waals surface area contributed by atoms with Gasteiger partial charge >= 0.3 is 5.97 Å². The van der Waals surface area contributed by atoms with Crippen LogP contribution >= 0.6 is 0 Å². The van der Waals surface area contributed by atoms with Gasteiger partial charge in [-0.15, -0.1) is 0 Å². The van der Waals surface area contributed by atoms with Crippen molar-refractivity contribution < 1.29 is 29.4 Å². The summed E-state index contributed by atoms with van der Waals surface area (Å²) in [6.45, 7) is 0.176. The maximum Gasteiger partial charge on any atom is 0.326 e. The van der Waals surface area contributed by atoms with E-state index in [1.54, 1.807) is 24.5 Å². The highest BCUT2D eigenvalue weighted by molar-refractivity contribution is 5.95. The fraction of sp³-hybridized carbons (Fsp3) is 0.270. The molecule has 0 fully saturated rings. The highest BCUT2D eigenvalue weighted by Gasteiger charge is 2.31. The van der Waals surface area contributed by atoms with Crippen LogP contribution in [0.5, 0.6) is 5.75 Å². The van der Waals surface area contributed by atoms with E-state index in [1.807, 2.05) is 48.5 Å². The monoisotopic (exact) mass is 709 g/mol. The fourth-order valence-electron chi connectivity index (χ4n) is 6.02. The first-order valence-electron chi connectivity index (χ1n) is 16.8. The van der Waals surface area contributed by atoms with E-state index in [0.29, 0.717) is 23.1 Å². The zero-order valence-electron chi connectivity index (χ0n) is 28.3. The Bertz CT molecular complexity index is 2050. The number of aliphatic carboxylic acids is 1. The number of phenolic OH excluding ortho intramolecular Hbond substituents is 1. The van der Waals surface area contributed by atoms with E-state index in [-0.39, 0.29) is 43.9 Å². The van der Waals surface area contributed by atoms with Gasteiger partial charge in [0.05, 0.1) is 6.04 Å². The molecule has 3 amide bonds. The number of aromatic hydroxyl groups is 1. The van der Waals surface area contributed by atoms with Crippen LogP contribution in [0.3, 0.4) is 0 Å². The molecule has 0 bridgehead atoms. The Morgan fingerprint density at radius 3 is 1.79 bits per heavy atom. The molecule has 13 N–H and O–H groups in total. The number of fused-ring (bicyclic) bond motifs is 2. The van der Waals surface area contributed by atoms with Crippen LogP contribution in [0.1, 0.15) is 29.5 Å². The minimum atomic E-state index is -1.32. The maximum atomic E-state index is 14.0. The SMILES string of the molecule is NC(N)=NCCCC(NC(=O)C(N)Cc1ccc(O)cc1)C(=O)NC(Cc1c[nH]c2ccccc12)C(=O)NC(Cc1c[nH]c2ccccc12)C(=O)O. The lowest BCUT2D eigenvalue weighted by Crippen LogP contribution is -2.58. The first-order chi connectivity index (χ1) is 25.0. The molecule has 0 saturated carbocycles. The van der Waals surface area contributed by atoms with E-state index >= 15 is 0 Å². The molecule has 272 valence electrons. The van der Waals surface area contributed by atoms with Gasteiger partial charge in [0.1, 0.15) is 23.9 Å². The summed E-state index contributed by atoms with van der Waals surface area (Å²) >= 11 is 0. The number of nitrogens with zero attached hydrogens (tertiary/aromatic N) is 1. The number of phenols is 1. The summed E-state index contributed by atoms with van der Waals surface area (Å²) in [5.74, 6) is -3.32. The number of carboxylic acids is 1. The molecule has 5 rings (SSSR count). The van der Waals surface area contributed by atoms with Gasteiger partial charge in [-0.1, -0.05) is 48.5 Å². The predicted molar refractivity (Wildman–Crippen MR) is 197 cm³/mol.